The first-order chi connectivity index (χ1) is 7.74. The number of nitrogens with one attached hydrogen (secondary N) is 1. The molecule has 1 unspecified atom stereocenters. The second kappa shape index (κ2) is 3.52. The highest BCUT2D eigenvalue weighted by Crippen LogP contribution is 2.42. The first kappa shape index (κ1) is 12.0. The lowest BCUT2D eigenvalue weighted by molar-refractivity contribution is -0.126. The second-order valence-corrected chi connectivity index (χ2v) is 5.47. The number of carbonyl (C=O) groups is 1. The van der Waals surface area contributed by atoms with Crippen LogP contribution in [0.1, 0.15) is 32.8 Å². The lowest BCUT2D eigenvalue weighted by Crippen LogP contribution is -2.36. The molecule has 1 aromatic rings. The molecule has 0 saturated carbocycles. The fraction of sp³-hybridized carbons (Fsp3) is 0.462. The van der Waals surface area contributed by atoms with Gasteiger partial charge in [0.2, 0.25) is 5.91 Å². The Morgan fingerprint density at radius 2 is 1.88 bits per heavy atom. The molecule has 0 bridgehead atoms. The van der Waals surface area contributed by atoms with E-state index < -0.39 is 22.6 Å². The van der Waals surface area contributed by atoms with Crippen LogP contribution < -0.4 is 5.32 Å². The van der Waals surface area contributed by atoms with Gasteiger partial charge in [0.1, 0.15) is 11.6 Å². The summed E-state index contributed by atoms with van der Waals surface area (Å²) in [6.45, 7) is 5.39. The zero-order valence-corrected chi connectivity index (χ0v) is 10.1. The van der Waals surface area contributed by atoms with E-state index in [1.807, 2.05) is 13.8 Å². The number of rotatable bonds is 1. The van der Waals surface area contributed by atoms with E-state index in [9.17, 15) is 13.6 Å². The van der Waals surface area contributed by atoms with Crippen molar-refractivity contribution < 1.29 is 13.6 Å². The molecule has 1 fully saturated rings. The Balaban J connectivity index is 2.44. The molecule has 1 aliphatic heterocycles. The summed E-state index contributed by atoms with van der Waals surface area (Å²) in [5.74, 6) is -1.34. The molecule has 1 atom stereocenters. The van der Waals surface area contributed by atoms with Crippen LogP contribution in [0.5, 0.6) is 0 Å². The van der Waals surface area contributed by atoms with Crippen molar-refractivity contribution >= 4 is 5.91 Å². The van der Waals surface area contributed by atoms with Gasteiger partial charge in [-0.1, -0.05) is 19.9 Å². The lowest BCUT2D eigenvalue weighted by Gasteiger charge is -2.26. The topological polar surface area (TPSA) is 29.1 Å². The number of amides is 1. The first-order valence-corrected chi connectivity index (χ1v) is 5.53. The predicted molar refractivity (Wildman–Crippen MR) is 60.3 cm³/mol. The molecule has 0 radical (unpaired) electrons. The summed E-state index contributed by atoms with van der Waals surface area (Å²) in [5, 5.41) is 2.80. The maximum atomic E-state index is 13.7. The highest BCUT2D eigenvalue weighted by molar-refractivity contribution is 5.85. The molecule has 4 heteroatoms. The van der Waals surface area contributed by atoms with Gasteiger partial charge in [-0.3, -0.25) is 4.79 Å². The molecular formula is C13H15F2NO. The summed E-state index contributed by atoms with van der Waals surface area (Å²) in [6.07, 6.45) is 0.487. The van der Waals surface area contributed by atoms with E-state index in [1.54, 1.807) is 6.92 Å². The maximum Gasteiger partial charge on any atom is 0.226 e. The Morgan fingerprint density at radius 1 is 1.24 bits per heavy atom. The van der Waals surface area contributed by atoms with E-state index in [2.05, 4.69) is 5.32 Å². The van der Waals surface area contributed by atoms with Gasteiger partial charge in [0.25, 0.3) is 0 Å². The van der Waals surface area contributed by atoms with Crippen LogP contribution in [0.3, 0.4) is 0 Å². The number of hydrogen-bond acceptors (Lipinski definition) is 1. The molecule has 1 aliphatic rings. The van der Waals surface area contributed by atoms with Gasteiger partial charge in [-0.25, -0.2) is 8.78 Å². The van der Waals surface area contributed by atoms with E-state index in [-0.39, 0.29) is 5.91 Å². The fourth-order valence-corrected chi connectivity index (χ4v) is 2.53. The summed E-state index contributed by atoms with van der Waals surface area (Å²) in [6, 6.07) is 3.45. The molecule has 0 aromatic heterocycles. The Kier molecular flexibility index (Phi) is 2.49. The molecule has 1 saturated heterocycles. The SMILES string of the molecule is CC1(C)CC(C)(c2ccc(F)cc2F)NC1=O. The zero-order chi connectivity index (χ0) is 12.8. The molecular weight excluding hydrogens is 224 g/mol. The number of halogens is 2. The Morgan fingerprint density at radius 3 is 2.35 bits per heavy atom. The van der Waals surface area contributed by atoms with Crippen LogP contribution in [0.15, 0.2) is 18.2 Å². The van der Waals surface area contributed by atoms with Gasteiger partial charge in [-0.2, -0.15) is 0 Å². The van der Waals surface area contributed by atoms with Gasteiger partial charge in [-0.15, -0.1) is 0 Å². The van der Waals surface area contributed by atoms with Gasteiger partial charge in [0.15, 0.2) is 0 Å². The minimum absolute atomic E-state index is 0.108. The van der Waals surface area contributed by atoms with Crippen molar-refractivity contribution in [3.8, 4) is 0 Å². The van der Waals surface area contributed by atoms with E-state index >= 15 is 0 Å². The molecule has 2 rings (SSSR count). The smallest absolute Gasteiger partial charge is 0.226 e. The van der Waals surface area contributed by atoms with Crippen LogP contribution >= 0.6 is 0 Å². The number of benzene rings is 1. The maximum absolute atomic E-state index is 13.7. The van der Waals surface area contributed by atoms with Crippen molar-refractivity contribution in [2.75, 3.05) is 0 Å². The van der Waals surface area contributed by atoms with Crippen LogP contribution in [-0.2, 0) is 10.3 Å². The van der Waals surface area contributed by atoms with Crippen LogP contribution in [0, 0.1) is 17.0 Å². The second-order valence-electron chi connectivity index (χ2n) is 5.47. The van der Waals surface area contributed by atoms with Crippen molar-refractivity contribution in [1.82, 2.24) is 5.32 Å². The molecule has 17 heavy (non-hydrogen) atoms. The molecule has 92 valence electrons. The standard InChI is InChI=1S/C13H15F2NO/c1-12(2)7-13(3,16-11(12)17)9-5-4-8(14)6-10(9)15/h4-6H,7H2,1-3H3,(H,16,17). The zero-order valence-electron chi connectivity index (χ0n) is 10.1. The molecule has 1 N–H and O–H groups in total. The average molecular weight is 239 g/mol. The minimum atomic E-state index is -0.766. The van der Waals surface area contributed by atoms with Gasteiger partial charge >= 0.3 is 0 Å². The molecule has 0 aliphatic carbocycles. The summed E-state index contributed by atoms with van der Waals surface area (Å²) in [7, 11) is 0. The molecule has 1 aromatic carbocycles. The Hall–Kier alpha value is -1.45. The Bertz CT molecular complexity index is 484. The van der Waals surface area contributed by atoms with E-state index in [0.717, 1.165) is 6.07 Å². The third kappa shape index (κ3) is 1.92. The van der Waals surface area contributed by atoms with Crippen molar-refractivity contribution in [1.29, 1.82) is 0 Å². The average Bonchev–Trinajstić information content (AvgIpc) is 2.35. The van der Waals surface area contributed by atoms with Gasteiger partial charge < -0.3 is 5.32 Å². The summed E-state index contributed by atoms with van der Waals surface area (Å²) >= 11 is 0. The van der Waals surface area contributed by atoms with Crippen LogP contribution in [0.25, 0.3) is 0 Å². The Labute approximate surface area is 99.0 Å². The lowest BCUT2D eigenvalue weighted by atomic mass is 9.81. The summed E-state index contributed by atoms with van der Waals surface area (Å²) < 4.78 is 26.6. The molecule has 2 nitrogen and oxygen atoms in total. The predicted octanol–water partition coefficient (Wildman–Crippen LogP) is 2.73. The van der Waals surface area contributed by atoms with Crippen molar-refractivity contribution in [2.24, 2.45) is 5.41 Å². The van der Waals surface area contributed by atoms with Gasteiger partial charge in [-0.05, 0) is 19.4 Å². The molecule has 1 amide bonds. The molecule has 0 spiro atoms. The summed E-state index contributed by atoms with van der Waals surface area (Å²) in [5.41, 5.74) is -0.966. The normalized spacial score (nSPS) is 27.0. The van der Waals surface area contributed by atoms with Gasteiger partial charge in [0.05, 0.1) is 5.54 Å². The minimum Gasteiger partial charge on any atom is -0.346 e. The highest BCUT2D eigenvalue weighted by Gasteiger charge is 2.47. The van der Waals surface area contributed by atoms with Crippen molar-refractivity contribution in [2.45, 2.75) is 32.7 Å². The fourth-order valence-electron chi connectivity index (χ4n) is 2.53. The van der Waals surface area contributed by atoms with Crippen LogP contribution in [-0.4, -0.2) is 5.91 Å². The molecule has 1 heterocycles. The third-order valence-corrected chi connectivity index (χ3v) is 3.33. The van der Waals surface area contributed by atoms with Crippen LogP contribution in [0.4, 0.5) is 8.78 Å². The van der Waals surface area contributed by atoms with Crippen LogP contribution in [0.2, 0.25) is 0 Å². The number of hydrogen-bond donors (Lipinski definition) is 1. The van der Waals surface area contributed by atoms with Crippen molar-refractivity contribution in [3.63, 3.8) is 0 Å². The number of carbonyl (C=O) groups excluding carboxylic acids is 1. The van der Waals surface area contributed by atoms with Crippen molar-refractivity contribution in [3.05, 3.63) is 35.4 Å². The quantitative estimate of drug-likeness (QED) is 0.802. The monoisotopic (exact) mass is 239 g/mol. The highest BCUT2D eigenvalue weighted by atomic mass is 19.1. The largest absolute Gasteiger partial charge is 0.346 e. The summed E-state index contributed by atoms with van der Waals surface area (Å²) in [4.78, 5) is 11.8. The van der Waals surface area contributed by atoms with E-state index in [0.29, 0.717) is 12.0 Å². The van der Waals surface area contributed by atoms with Gasteiger partial charge in [0, 0.05) is 17.0 Å². The third-order valence-electron chi connectivity index (χ3n) is 3.33. The van der Waals surface area contributed by atoms with E-state index in [4.69, 9.17) is 0 Å². The van der Waals surface area contributed by atoms with E-state index in [1.165, 1.54) is 12.1 Å². The first-order valence-electron chi connectivity index (χ1n) is 5.53.